The van der Waals surface area contributed by atoms with E-state index >= 15 is 0 Å². The molecule has 9 nitrogen and oxygen atoms in total. The van der Waals surface area contributed by atoms with Gasteiger partial charge >= 0.3 is 6.03 Å². The number of methoxy groups -OCH3 is 2. The standard InChI is InChI=1S/C17H18N4O5S2/c1-25-13-7-5-10(8-14(13)26-2)18-16(22)19-11-4-6-12-15(9-11)27-17(20-12)21-28(3,23)24/h4-9H,1-3H3,(H,20,21)(H2,18,19,22). The van der Waals surface area contributed by atoms with Crippen LogP contribution in [-0.2, 0) is 10.0 Å². The summed E-state index contributed by atoms with van der Waals surface area (Å²) >= 11 is 1.17. The van der Waals surface area contributed by atoms with Gasteiger partial charge in [-0.15, -0.1) is 0 Å². The van der Waals surface area contributed by atoms with E-state index in [9.17, 15) is 13.2 Å². The molecule has 2 amide bonds. The number of benzene rings is 2. The first-order valence-corrected chi connectivity index (χ1v) is 10.7. The van der Waals surface area contributed by atoms with Gasteiger partial charge in [0.25, 0.3) is 0 Å². The van der Waals surface area contributed by atoms with Crippen LogP contribution in [0.5, 0.6) is 11.5 Å². The fourth-order valence-corrected chi connectivity index (χ4v) is 4.15. The maximum atomic E-state index is 12.3. The molecule has 0 atom stereocenters. The number of nitrogens with one attached hydrogen (secondary N) is 3. The van der Waals surface area contributed by atoms with Crippen molar-refractivity contribution in [2.24, 2.45) is 0 Å². The van der Waals surface area contributed by atoms with E-state index in [2.05, 4.69) is 20.3 Å². The van der Waals surface area contributed by atoms with E-state index < -0.39 is 16.1 Å². The highest BCUT2D eigenvalue weighted by Gasteiger charge is 2.11. The third-order valence-electron chi connectivity index (χ3n) is 3.56. The normalized spacial score (nSPS) is 11.1. The maximum Gasteiger partial charge on any atom is 0.323 e. The van der Waals surface area contributed by atoms with Crippen LogP contribution in [0, 0.1) is 0 Å². The smallest absolute Gasteiger partial charge is 0.323 e. The minimum Gasteiger partial charge on any atom is -0.493 e. The van der Waals surface area contributed by atoms with Gasteiger partial charge in [-0.2, -0.15) is 0 Å². The number of sulfonamides is 1. The first kappa shape index (κ1) is 19.7. The summed E-state index contributed by atoms with van der Waals surface area (Å²) in [5.41, 5.74) is 1.70. The van der Waals surface area contributed by atoms with Crippen LogP contribution >= 0.6 is 11.3 Å². The molecule has 1 heterocycles. The number of hydrogen-bond donors (Lipinski definition) is 3. The van der Waals surface area contributed by atoms with Crippen LogP contribution in [0.3, 0.4) is 0 Å². The number of carbonyl (C=O) groups is 1. The molecule has 2 aromatic carbocycles. The molecule has 0 aliphatic carbocycles. The highest BCUT2D eigenvalue weighted by molar-refractivity contribution is 7.92. The first-order chi connectivity index (χ1) is 13.3. The monoisotopic (exact) mass is 422 g/mol. The summed E-state index contributed by atoms with van der Waals surface area (Å²) in [5.74, 6) is 1.06. The number of nitrogens with zero attached hydrogens (tertiary/aromatic N) is 1. The average molecular weight is 422 g/mol. The zero-order chi connectivity index (χ0) is 20.3. The lowest BCUT2D eigenvalue weighted by Crippen LogP contribution is -2.19. The summed E-state index contributed by atoms with van der Waals surface area (Å²) in [4.78, 5) is 16.5. The van der Waals surface area contributed by atoms with Crippen molar-refractivity contribution in [1.82, 2.24) is 4.98 Å². The van der Waals surface area contributed by atoms with Crippen molar-refractivity contribution >= 4 is 54.1 Å². The molecule has 0 fully saturated rings. The molecule has 0 aliphatic heterocycles. The van der Waals surface area contributed by atoms with Crippen molar-refractivity contribution in [3.05, 3.63) is 36.4 Å². The van der Waals surface area contributed by atoms with Crippen molar-refractivity contribution in [3.8, 4) is 11.5 Å². The van der Waals surface area contributed by atoms with Gasteiger partial charge < -0.3 is 20.1 Å². The van der Waals surface area contributed by atoms with E-state index in [-0.39, 0.29) is 5.13 Å². The van der Waals surface area contributed by atoms with E-state index in [1.165, 1.54) is 25.6 Å². The maximum absolute atomic E-state index is 12.3. The number of rotatable bonds is 6. The van der Waals surface area contributed by atoms with Gasteiger partial charge in [0.2, 0.25) is 10.0 Å². The molecule has 0 unspecified atom stereocenters. The minimum atomic E-state index is -3.40. The quantitative estimate of drug-likeness (QED) is 0.561. The van der Waals surface area contributed by atoms with Crippen LogP contribution in [0.2, 0.25) is 0 Å². The van der Waals surface area contributed by atoms with E-state index in [0.717, 1.165) is 11.0 Å². The van der Waals surface area contributed by atoms with Crippen LogP contribution < -0.4 is 24.8 Å². The second-order valence-corrected chi connectivity index (χ2v) is 8.50. The Morgan fingerprint density at radius 1 is 1.00 bits per heavy atom. The number of carbonyl (C=O) groups excluding carboxylic acids is 1. The summed E-state index contributed by atoms with van der Waals surface area (Å²) in [6.07, 6.45) is 1.06. The van der Waals surface area contributed by atoms with Gasteiger partial charge in [0.15, 0.2) is 16.6 Å². The lowest BCUT2D eigenvalue weighted by molar-refractivity contribution is 0.262. The number of aromatic nitrogens is 1. The predicted molar refractivity (Wildman–Crippen MR) is 110 cm³/mol. The first-order valence-electron chi connectivity index (χ1n) is 7.96. The van der Waals surface area contributed by atoms with Crippen LogP contribution in [0.4, 0.5) is 21.3 Å². The molecule has 3 rings (SSSR count). The fraction of sp³-hybridized carbons (Fsp3) is 0.176. The highest BCUT2D eigenvalue weighted by Crippen LogP contribution is 2.30. The molecule has 148 valence electrons. The van der Waals surface area contributed by atoms with Crippen LogP contribution in [0.25, 0.3) is 10.2 Å². The zero-order valence-corrected chi connectivity index (χ0v) is 16.9. The summed E-state index contributed by atoms with van der Waals surface area (Å²) in [5, 5.41) is 5.70. The van der Waals surface area contributed by atoms with Crippen molar-refractivity contribution in [2.45, 2.75) is 0 Å². The molecule has 3 N–H and O–H groups in total. The van der Waals surface area contributed by atoms with E-state index in [1.807, 2.05) is 0 Å². The SMILES string of the molecule is COc1ccc(NC(=O)Nc2ccc3nc(NS(C)(=O)=O)sc3c2)cc1OC. The van der Waals surface area contributed by atoms with Gasteiger partial charge in [-0.05, 0) is 30.3 Å². The van der Waals surface area contributed by atoms with Gasteiger partial charge in [0, 0.05) is 17.4 Å². The largest absolute Gasteiger partial charge is 0.493 e. The highest BCUT2D eigenvalue weighted by atomic mass is 32.2. The molecule has 0 saturated heterocycles. The van der Waals surface area contributed by atoms with Crippen LogP contribution in [-0.4, -0.2) is 39.9 Å². The lowest BCUT2D eigenvalue weighted by atomic mass is 10.2. The van der Waals surface area contributed by atoms with Crippen molar-refractivity contribution in [2.75, 3.05) is 35.8 Å². The topological polar surface area (TPSA) is 119 Å². The number of fused-ring (bicyclic) bond motifs is 1. The molecular weight excluding hydrogens is 404 g/mol. The Labute approximate surface area is 165 Å². The number of thiazole rings is 1. The summed E-state index contributed by atoms with van der Waals surface area (Å²) in [6, 6.07) is 9.68. The van der Waals surface area contributed by atoms with Gasteiger partial charge in [-0.25, -0.2) is 18.2 Å². The molecule has 0 bridgehead atoms. The predicted octanol–water partition coefficient (Wildman–Crippen LogP) is 3.33. The lowest BCUT2D eigenvalue weighted by Gasteiger charge is -2.11. The minimum absolute atomic E-state index is 0.268. The Kier molecular flexibility index (Phi) is 5.56. The van der Waals surface area contributed by atoms with Crippen LogP contribution in [0.15, 0.2) is 36.4 Å². The van der Waals surface area contributed by atoms with Crippen molar-refractivity contribution in [3.63, 3.8) is 0 Å². The Morgan fingerprint density at radius 2 is 1.64 bits per heavy atom. The zero-order valence-electron chi connectivity index (χ0n) is 15.3. The average Bonchev–Trinajstić information content (AvgIpc) is 3.00. The number of amides is 2. The molecule has 28 heavy (non-hydrogen) atoms. The van der Waals surface area contributed by atoms with Crippen LogP contribution in [0.1, 0.15) is 0 Å². The van der Waals surface area contributed by atoms with E-state index in [4.69, 9.17) is 9.47 Å². The molecule has 0 radical (unpaired) electrons. The Morgan fingerprint density at radius 3 is 2.29 bits per heavy atom. The number of anilines is 3. The molecule has 0 spiro atoms. The fourth-order valence-electron chi connectivity index (χ4n) is 2.41. The summed E-state index contributed by atoms with van der Waals surface area (Å²) in [7, 11) is -0.356. The Hall–Kier alpha value is -3.05. The molecular formula is C17H18N4O5S2. The van der Waals surface area contributed by atoms with E-state index in [1.54, 1.807) is 36.4 Å². The second-order valence-electron chi connectivity index (χ2n) is 5.72. The molecule has 0 saturated carbocycles. The second kappa shape index (κ2) is 7.90. The summed E-state index contributed by atoms with van der Waals surface area (Å²) < 4.78 is 36.1. The molecule has 3 aromatic rings. The Bertz CT molecular complexity index is 1130. The van der Waals surface area contributed by atoms with E-state index in [0.29, 0.717) is 28.4 Å². The van der Waals surface area contributed by atoms with Gasteiger partial charge in [-0.1, -0.05) is 11.3 Å². The van der Waals surface area contributed by atoms with Gasteiger partial charge in [-0.3, -0.25) is 4.72 Å². The third-order valence-corrected chi connectivity index (χ3v) is 5.19. The van der Waals surface area contributed by atoms with Gasteiger partial charge in [0.05, 0.1) is 30.7 Å². The third kappa shape index (κ3) is 4.81. The number of ether oxygens (including phenoxy) is 2. The van der Waals surface area contributed by atoms with Gasteiger partial charge in [0.1, 0.15) is 0 Å². The number of urea groups is 1. The molecule has 1 aromatic heterocycles. The molecule has 0 aliphatic rings. The number of hydrogen-bond acceptors (Lipinski definition) is 7. The Balaban J connectivity index is 1.72. The van der Waals surface area contributed by atoms with Crippen molar-refractivity contribution in [1.29, 1.82) is 0 Å². The summed E-state index contributed by atoms with van der Waals surface area (Å²) in [6.45, 7) is 0. The molecule has 11 heteroatoms. The van der Waals surface area contributed by atoms with Crippen molar-refractivity contribution < 1.29 is 22.7 Å².